The highest BCUT2D eigenvalue weighted by Gasteiger charge is 2.33. The number of nitrogens with zero attached hydrogens (tertiary/aromatic N) is 3. The highest BCUT2D eigenvalue weighted by molar-refractivity contribution is 6.28. The van der Waals surface area contributed by atoms with Crippen molar-refractivity contribution < 1.29 is 0 Å². The molecule has 2 saturated carbocycles. The number of aromatic nitrogens is 3. The maximum Gasteiger partial charge on any atom is 0.225 e. The maximum atomic E-state index is 6.19. The van der Waals surface area contributed by atoms with Crippen molar-refractivity contribution >= 4 is 11.6 Å². The molecule has 3 nitrogen and oxygen atoms in total. The van der Waals surface area contributed by atoms with Gasteiger partial charge in [0, 0.05) is 12.0 Å². The Morgan fingerprint density at radius 2 is 2.00 bits per heavy atom. The Morgan fingerprint density at radius 3 is 2.69 bits per heavy atom. The van der Waals surface area contributed by atoms with E-state index in [1.807, 2.05) is 0 Å². The Bertz CT molecular complexity index is 384. The lowest BCUT2D eigenvalue weighted by Crippen LogP contribution is -2.19. The second-order valence-electron chi connectivity index (χ2n) is 5.40. The van der Waals surface area contributed by atoms with Gasteiger partial charge in [0.25, 0.3) is 0 Å². The van der Waals surface area contributed by atoms with E-state index in [0.29, 0.717) is 17.2 Å². The lowest BCUT2D eigenvalue weighted by Gasteiger charge is -2.28. The van der Waals surface area contributed by atoms with E-state index in [1.54, 1.807) is 0 Å². The minimum Gasteiger partial charge on any atom is -0.298 e. The van der Waals surface area contributed by atoms with Gasteiger partial charge in [0.05, 0.1) is 0 Å². The van der Waals surface area contributed by atoms with Gasteiger partial charge in [0.1, 0.15) is 5.82 Å². The van der Waals surface area contributed by atoms with Crippen LogP contribution in [0.4, 0.5) is 0 Å². The molecule has 4 heteroatoms. The molecule has 2 unspecified atom stereocenters. The Morgan fingerprint density at radius 1 is 1.19 bits per heavy atom. The Balaban J connectivity index is 1.88. The third kappa shape index (κ3) is 1.86. The van der Waals surface area contributed by atoms with Gasteiger partial charge in [-0.3, -0.25) is 4.57 Å². The van der Waals surface area contributed by atoms with Gasteiger partial charge in [-0.2, -0.15) is 0 Å². The summed E-state index contributed by atoms with van der Waals surface area (Å²) in [6, 6.07) is 0.543. The summed E-state index contributed by atoms with van der Waals surface area (Å²) in [4.78, 5) is 0. The van der Waals surface area contributed by atoms with Crippen molar-refractivity contribution in [2.24, 2.45) is 5.92 Å². The third-order valence-corrected chi connectivity index (χ3v) is 4.15. The molecule has 16 heavy (non-hydrogen) atoms. The van der Waals surface area contributed by atoms with Gasteiger partial charge in [-0.05, 0) is 43.2 Å². The first kappa shape index (κ1) is 10.6. The van der Waals surface area contributed by atoms with E-state index in [0.717, 1.165) is 11.7 Å². The zero-order chi connectivity index (χ0) is 11.1. The van der Waals surface area contributed by atoms with Crippen LogP contribution in [-0.4, -0.2) is 14.8 Å². The van der Waals surface area contributed by atoms with E-state index in [1.165, 1.54) is 38.5 Å². The Labute approximate surface area is 101 Å². The van der Waals surface area contributed by atoms with Crippen LogP contribution in [0.2, 0.25) is 5.28 Å². The maximum absolute atomic E-state index is 6.19. The van der Waals surface area contributed by atoms with Gasteiger partial charge in [0.2, 0.25) is 5.28 Å². The van der Waals surface area contributed by atoms with Crippen LogP contribution in [-0.2, 0) is 0 Å². The van der Waals surface area contributed by atoms with Gasteiger partial charge >= 0.3 is 0 Å². The predicted octanol–water partition coefficient (Wildman–Crippen LogP) is 3.56. The molecule has 0 spiro atoms. The first-order chi connectivity index (χ1) is 7.75. The quantitative estimate of drug-likeness (QED) is 0.790. The van der Waals surface area contributed by atoms with Crippen LogP contribution in [0.5, 0.6) is 0 Å². The molecular weight excluding hydrogens is 222 g/mol. The molecule has 2 aliphatic rings. The molecule has 0 aromatic carbocycles. The molecule has 3 rings (SSSR count). The zero-order valence-electron chi connectivity index (χ0n) is 9.69. The largest absolute Gasteiger partial charge is 0.298 e. The average molecular weight is 240 g/mol. The van der Waals surface area contributed by atoms with E-state index in [-0.39, 0.29) is 0 Å². The van der Waals surface area contributed by atoms with Crippen LogP contribution in [0.25, 0.3) is 0 Å². The molecule has 1 aromatic heterocycles. The number of hydrogen-bond donors (Lipinski definition) is 0. The molecule has 0 radical (unpaired) electrons. The smallest absolute Gasteiger partial charge is 0.225 e. The van der Waals surface area contributed by atoms with Crippen LogP contribution in [0.15, 0.2) is 0 Å². The van der Waals surface area contributed by atoms with Crippen molar-refractivity contribution in [3.05, 3.63) is 11.1 Å². The van der Waals surface area contributed by atoms with Crippen molar-refractivity contribution in [1.29, 1.82) is 0 Å². The van der Waals surface area contributed by atoms with Crippen LogP contribution >= 0.6 is 11.6 Å². The van der Waals surface area contributed by atoms with E-state index in [2.05, 4.69) is 21.7 Å². The van der Waals surface area contributed by atoms with E-state index in [9.17, 15) is 0 Å². The van der Waals surface area contributed by atoms with Gasteiger partial charge in [0.15, 0.2) is 0 Å². The topological polar surface area (TPSA) is 30.7 Å². The van der Waals surface area contributed by atoms with Crippen LogP contribution in [0.1, 0.15) is 63.2 Å². The molecule has 0 saturated heterocycles. The Kier molecular flexibility index (Phi) is 2.66. The first-order valence-corrected chi connectivity index (χ1v) is 6.74. The standard InChI is InChI=1S/C12H18ClN3/c1-8-3-2-4-10(7-8)16-11(9-5-6-9)14-15-12(16)13/h8-10H,2-7H2,1H3. The third-order valence-electron chi connectivity index (χ3n) is 3.90. The summed E-state index contributed by atoms with van der Waals surface area (Å²) in [7, 11) is 0. The van der Waals surface area contributed by atoms with Gasteiger partial charge in [-0.15, -0.1) is 10.2 Å². The number of rotatable bonds is 2. The van der Waals surface area contributed by atoms with Crippen molar-refractivity contribution in [3.8, 4) is 0 Å². The van der Waals surface area contributed by atoms with E-state index in [4.69, 9.17) is 11.6 Å². The van der Waals surface area contributed by atoms with Gasteiger partial charge < -0.3 is 0 Å². The summed E-state index contributed by atoms with van der Waals surface area (Å²) >= 11 is 6.19. The molecule has 88 valence electrons. The summed E-state index contributed by atoms with van der Waals surface area (Å²) in [6.07, 6.45) is 7.66. The molecule has 0 N–H and O–H groups in total. The molecule has 2 aliphatic carbocycles. The fraction of sp³-hybridized carbons (Fsp3) is 0.833. The highest BCUT2D eigenvalue weighted by Crippen LogP contribution is 2.43. The summed E-state index contributed by atoms with van der Waals surface area (Å²) in [5.41, 5.74) is 0. The Hall–Kier alpha value is -0.570. The second kappa shape index (κ2) is 4.02. The molecule has 1 aromatic rings. The molecular formula is C12H18ClN3. The highest BCUT2D eigenvalue weighted by atomic mass is 35.5. The minimum absolute atomic E-state index is 0.543. The molecule has 1 heterocycles. The van der Waals surface area contributed by atoms with Gasteiger partial charge in [-0.25, -0.2) is 0 Å². The molecule has 0 amide bonds. The summed E-state index contributed by atoms with van der Waals surface area (Å²) in [6.45, 7) is 2.33. The van der Waals surface area contributed by atoms with Crippen molar-refractivity contribution in [3.63, 3.8) is 0 Å². The van der Waals surface area contributed by atoms with Crippen LogP contribution < -0.4 is 0 Å². The number of halogens is 1. The predicted molar refractivity (Wildman–Crippen MR) is 63.7 cm³/mol. The molecule has 0 aliphatic heterocycles. The fourth-order valence-electron chi connectivity index (χ4n) is 2.88. The van der Waals surface area contributed by atoms with Crippen molar-refractivity contribution in [2.75, 3.05) is 0 Å². The van der Waals surface area contributed by atoms with Crippen molar-refractivity contribution in [1.82, 2.24) is 14.8 Å². The zero-order valence-corrected chi connectivity index (χ0v) is 10.5. The lowest BCUT2D eigenvalue weighted by molar-refractivity contribution is 0.278. The lowest BCUT2D eigenvalue weighted by atomic mass is 9.87. The molecule has 2 fully saturated rings. The van der Waals surface area contributed by atoms with E-state index >= 15 is 0 Å². The van der Waals surface area contributed by atoms with Crippen molar-refractivity contribution in [2.45, 2.75) is 57.4 Å². The number of hydrogen-bond acceptors (Lipinski definition) is 2. The van der Waals surface area contributed by atoms with Gasteiger partial charge in [-0.1, -0.05) is 19.8 Å². The SMILES string of the molecule is CC1CCCC(n2c(Cl)nnc2C2CC2)C1. The minimum atomic E-state index is 0.543. The van der Waals surface area contributed by atoms with Crippen LogP contribution in [0, 0.1) is 5.92 Å². The normalized spacial score (nSPS) is 30.6. The molecule has 2 atom stereocenters. The fourth-order valence-corrected chi connectivity index (χ4v) is 3.14. The summed E-state index contributed by atoms with van der Waals surface area (Å²) in [5, 5.41) is 8.91. The van der Waals surface area contributed by atoms with Crippen LogP contribution in [0.3, 0.4) is 0 Å². The summed E-state index contributed by atoms with van der Waals surface area (Å²) < 4.78 is 2.22. The second-order valence-corrected chi connectivity index (χ2v) is 5.74. The van der Waals surface area contributed by atoms with E-state index < -0.39 is 0 Å². The molecule has 0 bridgehead atoms. The monoisotopic (exact) mass is 239 g/mol. The summed E-state index contributed by atoms with van der Waals surface area (Å²) in [5.74, 6) is 2.59. The first-order valence-electron chi connectivity index (χ1n) is 6.36. The average Bonchev–Trinajstić information content (AvgIpc) is 3.02.